The van der Waals surface area contributed by atoms with Crippen LogP contribution in [-0.4, -0.2) is 30.8 Å². The number of rotatable bonds is 5. The number of nitrogens with zero attached hydrogens (tertiary/aromatic N) is 1. The standard InChI is InChI=1S/C22H22N2O2/c1-2-8-17(9-3-1)18-10-4-5-12-20(18)26-22(19-11-6-7-13-24-19)21-16-23-14-15-25-21/h1-13,21-23H,14-16H2. The molecule has 0 amide bonds. The largest absolute Gasteiger partial charge is 0.481 e. The monoisotopic (exact) mass is 346 g/mol. The Labute approximate surface area is 153 Å². The van der Waals surface area contributed by atoms with Crippen LogP contribution in [0.2, 0.25) is 0 Å². The molecular weight excluding hydrogens is 324 g/mol. The molecule has 0 radical (unpaired) electrons. The minimum absolute atomic E-state index is 0.0810. The second kappa shape index (κ2) is 8.13. The second-order valence-electron chi connectivity index (χ2n) is 6.27. The molecule has 0 saturated carbocycles. The number of morpholine rings is 1. The number of ether oxygens (including phenoxy) is 2. The number of pyridine rings is 1. The van der Waals surface area contributed by atoms with Gasteiger partial charge in [-0.05, 0) is 23.8 Å². The smallest absolute Gasteiger partial charge is 0.168 e. The zero-order chi connectivity index (χ0) is 17.6. The van der Waals surface area contributed by atoms with Crippen LogP contribution in [0.5, 0.6) is 5.75 Å². The van der Waals surface area contributed by atoms with Crippen molar-refractivity contribution in [2.45, 2.75) is 12.2 Å². The molecular formula is C22H22N2O2. The molecule has 2 atom stereocenters. The number of aromatic nitrogens is 1. The Balaban J connectivity index is 1.68. The summed E-state index contributed by atoms with van der Waals surface area (Å²) in [7, 11) is 0. The van der Waals surface area contributed by atoms with Crippen molar-refractivity contribution in [1.29, 1.82) is 0 Å². The van der Waals surface area contributed by atoms with Gasteiger partial charge in [0.25, 0.3) is 0 Å². The van der Waals surface area contributed by atoms with Crippen molar-refractivity contribution in [3.8, 4) is 16.9 Å². The van der Waals surface area contributed by atoms with Gasteiger partial charge in [0.1, 0.15) is 11.9 Å². The number of para-hydroxylation sites is 1. The van der Waals surface area contributed by atoms with Gasteiger partial charge >= 0.3 is 0 Å². The van der Waals surface area contributed by atoms with Gasteiger partial charge in [0.05, 0.1) is 12.3 Å². The molecule has 2 aromatic carbocycles. The predicted molar refractivity (Wildman–Crippen MR) is 102 cm³/mol. The zero-order valence-corrected chi connectivity index (χ0v) is 14.5. The summed E-state index contributed by atoms with van der Waals surface area (Å²) >= 11 is 0. The average molecular weight is 346 g/mol. The molecule has 4 nitrogen and oxygen atoms in total. The normalized spacial score (nSPS) is 18.2. The van der Waals surface area contributed by atoms with Crippen molar-refractivity contribution < 1.29 is 9.47 Å². The highest BCUT2D eigenvalue weighted by Gasteiger charge is 2.29. The van der Waals surface area contributed by atoms with Gasteiger partial charge in [-0.25, -0.2) is 0 Å². The molecule has 0 aliphatic carbocycles. The fourth-order valence-electron chi connectivity index (χ4n) is 3.21. The molecule has 132 valence electrons. The van der Waals surface area contributed by atoms with Gasteiger partial charge in [-0.3, -0.25) is 4.98 Å². The first kappa shape index (κ1) is 16.8. The number of hydrogen-bond acceptors (Lipinski definition) is 4. The highest BCUT2D eigenvalue weighted by molar-refractivity contribution is 5.70. The first-order valence-corrected chi connectivity index (χ1v) is 8.96. The van der Waals surface area contributed by atoms with Crippen LogP contribution in [0.4, 0.5) is 0 Å². The van der Waals surface area contributed by atoms with E-state index in [0.29, 0.717) is 6.61 Å². The van der Waals surface area contributed by atoms with E-state index in [1.807, 2.05) is 54.6 Å². The summed E-state index contributed by atoms with van der Waals surface area (Å²) in [5.41, 5.74) is 3.08. The SMILES string of the molecule is c1ccc(-c2ccccc2OC(c2ccccn2)C2CNCCO2)cc1. The number of nitrogens with one attached hydrogen (secondary N) is 1. The van der Waals surface area contributed by atoms with Gasteiger partial charge in [-0.2, -0.15) is 0 Å². The lowest BCUT2D eigenvalue weighted by Crippen LogP contribution is -2.43. The van der Waals surface area contributed by atoms with Crippen LogP contribution in [0.3, 0.4) is 0 Å². The van der Waals surface area contributed by atoms with E-state index in [0.717, 1.165) is 35.7 Å². The Hall–Kier alpha value is -2.69. The molecule has 0 bridgehead atoms. The maximum atomic E-state index is 6.50. The highest BCUT2D eigenvalue weighted by Crippen LogP contribution is 2.34. The van der Waals surface area contributed by atoms with Crippen LogP contribution >= 0.6 is 0 Å². The van der Waals surface area contributed by atoms with Crippen LogP contribution in [0.1, 0.15) is 11.8 Å². The van der Waals surface area contributed by atoms with E-state index in [9.17, 15) is 0 Å². The van der Waals surface area contributed by atoms with Crippen molar-refractivity contribution in [3.63, 3.8) is 0 Å². The molecule has 3 aromatic rings. The lowest BCUT2D eigenvalue weighted by Gasteiger charge is -2.31. The summed E-state index contributed by atoms with van der Waals surface area (Å²) in [5.74, 6) is 0.837. The number of hydrogen-bond donors (Lipinski definition) is 1. The summed E-state index contributed by atoms with van der Waals surface area (Å²) in [6.07, 6.45) is 1.45. The van der Waals surface area contributed by atoms with Gasteiger partial charge in [0, 0.05) is 24.8 Å². The van der Waals surface area contributed by atoms with Gasteiger partial charge < -0.3 is 14.8 Å². The molecule has 2 heterocycles. The third kappa shape index (κ3) is 3.77. The van der Waals surface area contributed by atoms with Crippen molar-refractivity contribution in [2.24, 2.45) is 0 Å². The highest BCUT2D eigenvalue weighted by atomic mass is 16.5. The molecule has 2 unspecified atom stereocenters. The summed E-state index contributed by atoms with van der Waals surface area (Å²) in [5, 5.41) is 3.38. The minimum Gasteiger partial charge on any atom is -0.481 e. The molecule has 1 aliphatic rings. The lowest BCUT2D eigenvalue weighted by molar-refractivity contribution is -0.0445. The van der Waals surface area contributed by atoms with E-state index in [2.05, 4.69) is 28.5 Å². The third-order valence-electron chi connectivity index (χ3n) is 4.50. The van der Waals surface area contributed by atoms with E-state index in [1.165, 1.54) is 0 Å². The van der Waals surface area contributed by atoms with Crippen LogP contribution in [0.25, 0.3) is 11.1 Å². The lowest BCUT2D eigenvalue weighted by atomic mass is 10.0. The van der Waals surface area contributed by atoms with E-state index >= 15 is 0 Å². The van der Waals surface area contributed by atoms with Gasteiger partial charge in [0.15, 0.2) is 6.10 Å². The van der Waals surface area contributed by atoms with Gasteiger partial charge in [-0.15, -0.1) is 0 Å². The molecule has 4 rings (SSSR count). The topological polar surface area (TPSA) is 43.4 Å². The maximum absolute atomic E-state index is 6.50. The number of benzene rings is 2. The van der Waals surface area contributed by atoms with Crippen molar-refractivity contribution in [2.75, 3.05) is 19.7 Å². The molecule has 1 N–H and O–H groups in total. The Kier molecular flexibility index (Phi) is 5.24. The first-order valence-electron chi connectivity index (χ1n) is 8.96. The Morgan fingerprint density at radius 2 is 1.77 bits per heavy atom. The van der Waals surface area contributed by atoms with Crippen molar-refractivity contribution in [1.82, 2.24) is 10.3 Å². The molecule has 0 spiro atoms. The second-order valence-corrected chi connectivity index (χ2v) is 6.27. The Morgan fingerprint density at radius 1 is 0.962 bits per heavy atom. The Morgan fingerprint density at radius 3 is 2.54 bits per heavy atom. The van der Waals surface area contributed by atoms with Crippen LogP contribution < -0.4 is 10.1 Å². The fraction of sp³-hybridized carbons (Fsp3) is 0.227. The summed E-state index contributed by atoms with van der Waals surface area (Å²) in [4.78, 5) is 4.52. The fourth-order valence-corrected chi connectivity index (χ4v) is 3.21. The van der Waals surface area contributed by atoms with Crippen LogP contribution in [-0.2, 0) is 4.74 Å². The van der Waals surface area contributed by atoms with Crippen LogP contribution in [0, 0.1) is 0 Å². The predicted octanol–water partition coefficient (Wildman–Crippen LogP) is 3.86. The molecule has 1 aromatic heterocycles. The van der Waals surface area contributed by atoms with Gasteiger partial charge in [-0.1, -0.05) is 54.6 Å². The zero-order valence-electron chi connectivity index (χ0n) is 14.5. The van der Waals surface area contributed by atoms with Crippen LogP contribution in [0.15, 0.2) is 79.0 Å². The van der Waals surface area contributed by atoms with E-state index in [1.54, 1.807) is 6.20 Å². The van der Waals surface area contributed by atoms with E-state index in [4.69, 9.17) is 9.47 Å². The average Bonchev–Trinajstić information content (AvgIpc) is 2.74. The van der Waals surface area contributed by atoms with E-state index in [-0.39, 0.29) is 12.2 Å². The third-order valence-corrected chi connectivity index (χ3v) is 4.50. The summed E-state index contributed by atoms with van der Waals surface area (Å²) in [6, 6.07) is 24.3. The summed E-state index contributed by atoms with van der Waals surface area (Å²) < 4.78 is 12.5. The molecule has 26 heavy (non-hydrogen) atoms. The Bertz CT molecular complexity index is 818. The maximum Gasteiger partial charge on any atom is 0.168 e. The van der Waals surface area contributed by atoms with Gasteiger partial charge in [0.2, 0.25) is 0 Å². The molecule has 1 aliphatic heterocycles. The van der Waals surface area contributed by atoms with E-state index < -0.39 is 0 Å². The molecule has 1 fully saturated rings. The minimum atomic E-state index is -0.270. The molecule has 4 heteroatoms. The summed E-state index contributed by atoms with van der Waals surface area (Å²) in [6.45, 7) is 2.29. The quantitative estimate of drug-likeness (QED) is 0.762. The van der Waals surface area contributed by atoms with Crippen molar-refractivity contribution in [3.05, 3.63) is 84.7 Å². The molecule has 1 saturated heterocycles. The van der Waals surface area contributed by atoms with Crippen molar-refractivity contribution >= 4 is 0 Å². The first-order chi connectivity index (χ1) is 12.9.